The van der Waals surface area contributed by atoms with Crippen molar-refractivity contribution in [2.75, 3.05) is 26.8 Å². The highest BCUT2D eigenvalue weighted by Gasteiger charge is 2.21. The second kappa shape index (κ2) is 9.79. The van der Waals surface area contributed by atoms with E-state index in [-0.39, 0.29) is 12.1 Å². The average Bonchev–Trinajstić information content (AvgIpc) is 3.42. The number of hydrogen-bond acceptors (Lipinski definition) is 5. The van der Waals surface area contributed by atoms with Gasteiger partial charge in [0, 0.05) is 30.6 Å². The number of pyridine rings is 1. The van der Waals surface area contributed by atoms with E-state index in [4.69, 9.17) is 14.5 Å². The monoisotopic (exact) mass is 422 g/mol. The lowest BCUT2D eigenvalue weighted by Gasteiger charge is -2.17. The van der Waals surface area contributed by atoms with E-state index in [0.717, 1.165) is 54.2 Å². The Bertz CT molecular complexity index is 1010. The maximum atomic E-state index is 6.36. The summed E-state index contributed by atoms with van der Waals surface area (Å²) in [5.41, 5.74) is 4.18. The molecule has 6 heteroatoms. The van der Waals surface area contributed by atoms with Crippen LogP contribution in [-0.2, 0) is 11.3 Å². The predicted molar refractivity (Wildman–Crippen MR) is 124 cm³/mol. The van der Waals surface area contributed by atoms with Crippen molar-refractivity contribution in [2.24, 2.45) is 0 Å². The molecule has 0 saturated carbocycles. The highest BCUT2D eigenvalue weighted by molar-refractivity contribution is 5.85. The molecule has 0 aliphatic carbocycles. The van der Waals surface area contributed by atoms with Crippen LogP contribution in [0, 0.1) is 0 Å². The predicted octanol–water partition coefficient (Wildman–Crippen LogP) is 5.08. The number of fused-ring (bicyclic) bond motifs is 1. The molecule has 1 aromatic carbocycles. The van der Waals surface area contributed by atoms with Crippen molar-refractivity contribution < 1.29 is 9.47 Å². The van der Waals surface area contributed by atoms with Gasteiger partial charge in [-0.2, -0.15) is 5.10 Å². The minimum absolute atomic E-state index is 0.0828. The molecule has 0 bridgehead atoms. The zero-order valence-corrected chi connectivity index (χ0v) is 19.2. The molecule has 1 aliphatic heterocycles. The molecule has 1 fully saturated rings. The van der Waals surface area contributed by atoms with Gasteiger partial charge in [0.25, 0.3) is 0 Å². The fourth-order valence-corrected chi connectivity index (χ4v) is 4.05. The summed E-state index contributed by atoms with van der Waals surface area (Å²) >= 11 is 0. The Kier molecular flexibility index (Phi) is 6.88. The standard InChI is InChI=1S/C25H34N4O2/c1-5-6-11-28(4)16-19-8-7-9-20(13-19)23-14-24(31-21-10-12-30-17-21)22-15-26-29(18(2)3)25(22)27-23/h7-9,13-15,18,21H,5-6,10-12,16-17H2,1-4H3. The minimum Gasteiger partial charge on any atom is -0.487 e. The molecule has 2 aromatic heterocycles. The summed E-state index contributed by atoms with van der Waals surface area (Å²) < 4.78 is 13.8. The van der Waals surface area contributed by atoms with Crippen LogP contribution in [0.2, 0.25) is 0 Å². The van der Waals surface area contributed by atoms with Gasteiger partial charge in [-0.3, -0.25) is 0 Å². The zero-order valence-electron chi connectivity index (χ0n) is 19.2. The lowest BCUT2D eigenvalue weighted by Crippen LogP contribution is -2.18. The van der Waals surface area contributed by atoms with Gasteiger partial charge >= 0.3 is 0 Å². The Labute approximate surface area is 185 Å². The molecule has 0 amide bonds. The summed E-state index contributed by atoms with van der Waals surface area (Å²) in [4.78, 5) is 7.38. The van der Waals surface area contributed by atoms with Gasteiger partial charge in [0.15, 0.2) is 5.65 Å². The summed E-state index contributed by atoms with van der Waals surface area (Å²) in [6.07, 6.45) is 5.30. The van der Waals surface area contributed by atoms with Gasteiger partial charge in [0.05, 0.1) is 30.5 Å². The Hall–Kier alpha value is -2.44. The lowest BCUT2D eigenvalue weighted by molar-refractivity contribution is 0.142. The van der Waals surface area contributed by atoms with Crippen molar-refractivity contribution >= 4 is 11.0 Å². The number of benzene rings is 1. The van der Waals surface area contributed by atoms with E-state index in [0.29, 0.717) is 6.61 Å². The van der Waals surface area contributed by atoms with Crippen LogP contribution in [-0.4, -0.2) is 52.6 Å². The molecule has 3 aromatic rings. The Morgan fingerprint density at radius 1 is 1.29 bits per heavy atom. The van der Waals surface area contributed by atoms with Crippen LogP contribution in [0.5, 0.6) is 5.75 Å². The molecule has 3 heterocycles. The quantitative estimate of drug-likeness (QED) is 0.481. The second-order valence-corrected chi connectivity index (χ2v) is 8.82. The summed E-state index contributed by atoms with van der Waals surface area (Å²) in [6.45, 7) is 9.91. The van der Waals surface area contributed by atoms with Crippen LogP contribution in [0.3, 0.4) is 0 Å². The van der Waals surface area contributed by atoms with E-state index in [1.165, 1.54) is 18.4 Å². The van der Waals surface area contributed by atoms with Gasteiger partial charge in [-0.1, -0.05) is 31.5 Å². The fourth-order valence-electron chi connectivity index (χ4n) is 4.05. The van der Waals surface area contributed by atoms with Crippen molar-refractivity contribution in [3.63, 3.8) is 0 Å². The molecule has 1 aliphatic rings. The van der Waals surface area contributed by atoms with E-state index in [9.17, 15) is 0 Å². The first-order valence-electron chi connectivity index (χ1n) is 11.5. The van der Waals surface area contributed by atoms with E-state index in [1.54, 1.807) is 0 Å². The van der Waals surface area contributed by atoms with Gasteiger partial charge in [0.1, 0.15) is 11.9 Å². The van der Waals surface area contributed by atoms with E-state index in [2.05, 4.69) is 68.1 Å². The highest BCUT2D eigenvalue weighted by Crippen LogP contribution is 2.33. The van der Waals surface area contributed by atoms with Crippen molar-refractivity contribution in [3.05, 3.63) is 42.1 Å². The van der Waals surface area contributed by atoms with E-state index in [1.807, 2.05) is 10.9 Å². The van der Waals surface area contributed by atoms with Crippen LogP contribution in [0.1, 0.15) is 51.6 Å². The third kappa shape index (κ3) is 5.08. The van der Waals surface area contributed by atoms with Crippen molar-refractivity contribution in [2.45, 2.75) is 58.7 Å². The molecule has 6 nitrogen and oxygen atoms in total. The normalized spacial score (nSPS) is 16.6. The number of hydrogen-bond donors (Lipinski definition) is 0. The molecule has 0 spiro atoms. The van der Waals surface area contributed by atoms with Gasteiger partial charge in [-0.05, 0) is 45.5 Å². The maximum Gasteiger partial charge on any atom is 0.162 e. The molecule has 166 valence electrons. The van der Waals surface area contributed by atoms with Crippen LogP contribution in [0.15, 0.2) is 36.5 Å². The van der Waals surface area contributed by atoms with Gasteiger partial charge in [0.2, 0.25) is 0 Å². The molecule has 31 heavy (non-hydrogen) atoms. The zero-order chi connectivity index (χ0) is 21.8. The summed E-state index contributed by atoms with van der Waals surface area (Å²) in [7, 11) is 2.18. The summed E-state index contributed by atoms with van der Waals surface area (Å²) in [6, 6.07) is 11.0. The molecular formula is C25H34N4O2. The largest absolute Gasteiger partial charge is 0.487 e. The fraction of sp³-hybridized carbons (Fsp3) is 0.520. The van der Waals surface area contributed by atoms with E-state index < -0.39 is 0 Å². The van der Waals surface area contributed by atoms with Gasteiger partial charge in [-0.15, -0.1) is 0 Å². The molecule has 0 radical (unpaired) electrons. The number of aromatic nitrogens is 3. The number of rotatable bonds is 9. The number of unbranched alkanes of at least 4 members (excludes halogenated alkanes) is 1. The third-order valence-corrected chi connectivity index (χ3v) is 5.77. The topological polar surface area (TPSA) is 52.4 Å². The lowest BCUT2D eigenvalue weighted by atomic mass is 10.1. The molecule has 1 unspecified atom stereocenters. The molecule has 4 rings (SSSR count). The van der Waals surface area contributed by atoms with Crippen LogP contribution < -0.4 is 4.74 Å². The first-order valence-corrected chi connectivity index (χ1v) is 11.5. The Morgan fingerprint density at radius 3 is 2.90 bits per heavy atom. The number of nitrogens with zero attached hydrogens (tertiary/aromatic N) is 4. The highest BCUT2D eigenvalue weighted by atomic mass is 16.5. The SMILES string of the molecule is CCCCN(C)Cc1cccc(-c2cc(OC3CCOC3)c3cnn(C(C)C)c3n2)c1. The molecule has 0 N–H and O–H groups in total. The van der Waals surface area contributed by atoms with Gasteiger partial charge < -0.3 is 14.4 Å². The van der Waals surface area contributed by atoms with Gasteiger partial charge in [-0.25, -0.2) is 9.67 Å². The molecule has 1 saturated heterocycles. The van der Waals surface area contributed by atoms with E-state index >= 15 is 0 Å². The number of ether oxygens (including phenoxy) is 2. The Morgan fingerprint density at radius 2 is 2.16 bits per heavy atom. The molecular weight excluding hydrogens is 388 g/mol. The van der Waals surface area contributed by atoms with Crippen molar-refractivity contribution in [1.82, 2.24) is 19.7 Å². The summed E-state index contributed by atoms with van der Waals surface area (Å²) in [5.74, 6) is 0.841. The van der Waals surface area contributed by atoms with Crippen LogP contribution >= 0.6 is 0 Å². The first-order chi connectivity index (χ1) is 15.0. The average molecular weight is 423 g/mol. The molecule has 1 atom stereocenters. The second-order valence-electron chi connectivity index (χ2n) is 8.82. The van der Waals surface area contributed by atoms with Crippen LogP contribution in [0.4, 0.5) is 0 Å². The van der Waals surface area contributed by atoms with Crippen molar-refractivity contribution in [3.8, 4) is 17.0 Å². The smallest absolute Gasteiger partial charge is 0.162 e. The maximum absolute atomic E-state index is 6.36. The summed E-state index contributed by atoms with van der Waals surface area (Å²) in [5, 5.41) is 5.54. The van der Waals surface area contributed by atoms with Crippen LogP contribution in [0.25, 0.3) is 22.3 Å². The minimum atomic E-state index is 0.0828. The Balaban J connectivity index is 1.69. The van der Waals surface area contributed by atoms with Crippen molar-refractivity contribution in [1.29, 1.82) is 0 Å². The first kappa shape index (κ1) is 21.8. The third-order valence-electron chi connectivity index (χ3n) is 5.77.